The maximum Gasteiger partial charge on any atom is 0.262 e. The van der Waals surface area contributed by atoms with Crippen molar-refractivity contribution in [3.05, 3.63) is 89.0 Å². The highest BCUT2D eigenvalue weighted by atomic mass is 32.2. The Hall–Kier alpha value is -3.32. The first-order valence-corrected chi connectivity index (χ1v) is 12.3. The summed E-state index contributed by atoms with van der Waals surface area (Å²) >= 11 is 0. The van der Waals surface area contributed by atoms with Crippen molar-refractivity contribution in [3.8, 4) is 5.75 Å². The summed E-state index contributed by atoms with van der Waals surface area (Å²) in [5, 5.41) is 2.94. The third-order valence-electron chi connectivity index (χ3n) is 5.50. The normalized spacial score (nSPS) is 12.3. The van der Waals surface area contributed by atoms with Gasteiger partial charge in [0.05, 0.1) is 29.3 Å². The lowest BCUT2D eigenvalue weighted by Gasteiger charge is -2.19. The minimum atomic E-state index is -3.95. The van der Waals surface area contributed by atoms with Crippen LogP contribution in [0.25, 0.3) is 0 Å². The van der Waals surface area contributed by atoms with Crippen LogP contribution in [0.4, 0.5) is 5.69 Å². The largest absolute Gasteiger partial charge is 0.496 e. The van der Waals surface area contributed by atoms with Crippen molar-refractivity contribution in [2.24, 2.45) is 0 Å². The van der Waals surface area contributed by atoms with Gasteiger partial charge >= 0.3 is 0 Å². The number of sulfonamides is 1. The smallest absolute Gasteiger partial charge is 0.262 e. The summed E-state index contributed by atoms with van der Waals surface area (Å²) in [7, 11) is -2.38. The first-order chi connectivity index (χ1) is 15.6. The van der Waals surface area contributed by atoms with Crippen molar-refractivity contribution < 1.29 is 17.9 Å². The van der Waals surface area contributed by atoms with Crippen molar-refractivity contribution >= 4 is 21.6 Å². The second kappa shape index (κ2) is 10.1. The molecule has 2 N–H and O–H groups in total. The van der Waals surface area contributed by atoms with E-state index in [-0.39, 0.29) is 34.0 Å². The number of aryl methyl sites for hydroxylation is 1. The highest BCUT2D eigenvalue weighted by molar-refractivity contribution is 7.92. The molecule has 0 radical (unpaired) electrons. The number of ether oxygens (including phenoxy) is 1. The number of carbonyl (C=O) groups is 1. The quantitative estimate of drug-likeness (QED) is 0.464. The molecule has 0 aliphatic rings. The second-order valence-corrected chi connectivity index (χ2v) is 9.92. The van der Waals surface area contributed by atoms with Crippen molar-refractivity contribution in [3.63, 3.8) is 0 Å². The molecule has 7 heteroatoms. The third kappa shape index (κ3) is 5.54. The number of anilines is 1. The van der Waals surface area contributed by atoms with E-state index in [1.54, 1.807) is 50.4 Å². The summed E-state index contributed by atoms with van der Waals surface area (Å²) in [4.78, 5) is 13.2. The topological polar surface area (TPSA) is 84.5 Å². The predicted molar refractivity (Wildman–Crippen MR) is 131 cm³/mol. The number of nitrogens with one attached hydrogen (secondary N) is 2. The zero-order valence-electron chi connectivity index (χ0n) is 19.5. The number of hydrogen-bond acceptors (Lipinski definition) is 4. The second-order valence-electron chi connectivity index (χ2n) is 8.27. The van der Waals surface area contributed by atoms with Crippen LogP contribution in [0.2, 0.25) is 0 Å². The zero-order valence-corrected chi connectivity index (χ0v) is 20.4. The van der Waals surface area contributed by atoms with E-state index in [0.29, 0.717) is 11.3 Å². The molecule has 3 aromatic rings. The molecule has 1 amide bonds. The number of rotatable bonds is 8. The molecule has 1 atom stereocenters. The summed E-state index contributed by atoms with van der Waals surface area (Å²) in [6.45, 7) is 7.56. The lowest BCUT2D eigenvalue weighted by molar-refractivity contribution is 0.0941. The minimum Gasteiger partial charge on any atom is -0.496 e. The van der Waals surface area contributed by atoms with Crippen LogP contribution in [0.3, 0.4) is 0 Å². The monoisotopic (exact) mass is 466 g/mol. The number of para-hydroxylation sites is 1. The van der Waals surface area contributed by atoms with Crippen LogP contribution in [0.1, 0.15) is 59.8 Å². The number of benzene rings is 3. The minimum absolute atomic E-state index is 0.0760. The SMILES string of the molecule is COc1cc(C)c(S(=O)(=O)Nc2ccccc2C(=O)N[C@@H](C)c2ccccc2)cc1C(C)C. The average Bonchev–Trinajstić information content (AvgIpc) is 2.79. The van der Waals surface area contributed by atoms with Gasteiger partial charge in [0.1, 0.15) is 5.75 Å². The van der Waals surface area contributed by atoms with E-state index in [1.165, 1.54) is 0 Å². The van der Waals surface area contributed by atoms with Crippen LogP contribution in [0.5, 0.6) is 5.75 Å². The number of carbonyl (C=O) groups excluding carboxylic acids is 1. The van der Waals surface area contributed by atoms with E-state index in [4.69, 9.17) is 4.74 Å². The molecule has 0 aliphatic carbocycles. The molecule has 3 rings (SSSR count). The predicted octanol–water partition coefficient (Wildman–Crippen LogP) is 5.42. The molecule has 0 aliphatic heterocycles. The van der Waals surface area contributed by atoms with Crippen molar-refractivity contribution in [1.29, 1.82) is 0 Å². The van der Waals surface area contributed by atoms with Crippen LogP contribution in [-0.2, 0) is 10.0 Å². The molecule has 0 saturated carbocycles. The maximum absolute atomic E-state index is 13.3. The van der Waals surface area contributed by atoms with E-state index in [0.717, 1.165) is 11.1 Å². The molecular formula is C26H30N2O4S. The van der Waals surface area contributed by atoms with Crippen molar-refractivity contribution in [2.75, 3.05) is 11.8 Å². The summed E-state index contributed by atoms with van der Waals surface area (Å²) in [5.41, 5.74) is 2.78. The molecule has 0 bridgehead atoms. The molecule has 0 heterocycles. The number of methoxy groups -OCH3 is 1. The van der Waals surface area contributed by atoms with Crippen LogP contribution in [0.15, 0.2) is 71.6 Å². The van der Waals surface area contributed by atoms with Gasteiger partial charge < -0.3 is 10.1 Å². The summed E-state index contributed by atoms with van der Waals surface area (Å²) in [5.74, 6) is 0.363. The Morgan fingerprint density at radius 1 is 0.939 bits per heavy atom. The Kier molecular flexibility index (Phi) is 7.43. The van der Waals surface area contributed by atoms with Crippen molar-refractivity contribution in [2.45, 2.75) is 44.6 Å². The fraction of sp³-hybridized carbons (Fsp3) is 0.269. The van der Waals surface area contributed by atoms with E-state index < -0.39 is 10.0 Å². The van der Waals surface area contributed by atoms with Crippen molar-refractivity contribution in [1.82, 2.24) is 5.32 Å². The molecule has 6 nitrogen and oxygen atoms in total. The van der Waals surface area contributed by atoms with Gasteiger partial charge in [-0.05, 0) is 60.7 Å². The third-order valence-corrected chi connectivity index (χ3v) is 7.01. The van der Waals surface area contributed by atoms with Crippen LogP contribution < -0.4 is 14.8 Å². The summed E-state index contributed by atoms with van der Waals surface area (Å²) in [6, 6.07) is 19.3. The Morgan fingerprint density at radius 3 is 2.21 bits per heavy atom. The first-order valence-electron chi connectivity index (χ1n) is 10.8. The van der Waals surface area contributed by atoms with E-state index in [2.05, 4.69) is 10.0 Å². The Labute approximate surface area is 196 Å². The Morgan fingerprint density at radius 2 is 1.58 bits per heavy atom. The Bertz CT molecular complexity index is 1240. The molecule has 0 unspecified atom stereocenters. The maximum atomic E-state index is 13.3. The molecule has 0 fully saturated rings. The van der Waals surface area contributed by atoms with Gasteiger partial charge in [0.25, 0.3) is 15.9 Å². The van der Waals surface area contributed by atoms with Crippen LogP contribution >= 0.6 is 0 Å². The fourth-order valence-electron chi connectivity index (χ4n) is 3.66. The number of hydrogen-bond donors (Lipinski definition) is 2. The molecular weight excluding hydrogens is 436 g/mol. The molecule has 0 saturated heterocycles. The molecule has 33 heavy (non-hydrogen) atoms. The fourth-order valence-corrected chi connectivity index (χ4v) is 5.01. The van der Waals surface area contributed by atoms with Gasteiger partial charge in [-0.3, -0.25) is 9.52 Å². The van der Waals surface area contributed by atoms with Gasteiger partial charge in [0, 0.05) is 0 Å². The first kappa shape index (κ1) is 24.3. The van der Waals surface area contributed by atoms with Gasteiger partial charge in [0.15, 0.2) is 0 Å². The standard InChI is InChI=1S/C26H30N2O4S/c1-17(2)22-16-25(18(3)15-24(22)32-5)33(30,31)28-23-14-10-9-13-21(23)26(29)27-19(4)20-11-7-6-8-12-20/h6-17,19,28H,1-5H3,(H,27,29)/t19-/m0/s1. The zero-order chi connectivity index (χ0) is 24.2. The summed E-state index contributed by atoms with van der Waals surface area (Å²) in [6.07, 6.45) is 0. The molecule has 174 valence electrons. The average molecular weight is 467 g/mol. The van der Waals surface area contributed by atoms with Crippen LogP contribution in [0, 0.1) is 6.92 Å². The lowest BCUT2D eigenvalue weighted by Crippen LogP contribution is -2.28. The van der Waals surface area contributed by atoms with E-state index in [9.17, 15) is 13.2 Å². The highest BCUT2D eigenvalue weighted by Crippen LogP contribution is 2.32. The van der Waals surface area contributed by atoms with Gasteiger partial charge in [-0.1, -0.05) is 56.3 Å². The molecule has 0 spiro atoms. The van der Waals surface area contributed by atoms with Gasteiger partial charge in [-0.2, -0.15) is 0 Å². The van der Waals surface area contributed by atoms with E-state index >= 15 is 0 Å². The number of amides is 1. The van der Waals surface area contributed by atoms with Gasteiger partial charge in [-0.15, -0.1) is 0 Å². The lowest BCUT2D eigenvalue weighted by atomic mass is 10.0. The van der Waals surface area contributed by atoms with Gasteiger partial charge in [0.2, 0.25) is 0 Å². The van der Waals surface area contributed by atoms with Gasteiger partial charge in [-0.25, -0.2) is 8.42 Å². The van der Waals surface area contributed by atoms with Crippen LogP contribution in [-0.4, -0.2) is 21.4 Å². The molecule has 3 aromatic carbocycles. The molecule has 0 aromatic heterocycles. The Balaban J connectivity index is 1.92. The van der Waals surface area contributed by atoms with E-state index in [1.807, 2.05) is 51.1 Å². The highest BCUT2D eigenvalue weighted by Gasteiger charge is 2.23. The summed E-state index contributed by atoms with van der Waals surface area (Å²) < 4.78 is 34.7.